The molecule has 0 saturated carbocycles. The highest BCUT2D eigenvalue weighted by atomic mass is 16.5. The standard InChI is InChI=1S/C62H100N2O4/c1-3-5-7-9-11-13-15-17-19-21-23-25-27-29-31-33-35-40-48-67-58-46-44-56(61(65)50-58)52-63-54-60(55-42-38-37-39-43-55)64-53-57-45-47-59(51-62(57)66)68-49-41-36-34-32-30-28-26-24-22-20-18-16-14-12-10-8-6-4-2/h37-39,42-47,50-53,60,65-66H,3-36,40-41,48-49,54H2,1-2H3. The molecule has 3 aromatic rings. The average molecular weight is 937 g/mol. The van der Waals surface area contributed by atoms with Gasteiger partial charge in [-0.3, -0.25) is 9.98 Å². The van der Waals surface area contributed by atoms with E-state index >= 15 is 0 Å². The van der Waals surface area contributed by atoms with Crippen molar-refractivity contribution in [3.05, 3.63) is 83.4 Å². The summed E-state index contributed by atoms with van der Waals surface area (Å²) >= 11 is 0. The summed E-state index contributed by atoms with van der Waals surface area (Å²) in [5, 5.41) is 21.6. The van der Waals surface area contributed by atoms with Crippen molar-refractivity contribution in [1.29, 1.82) is 0 Å². The lowest BCUT2D eigenvalue weighted by Crippen LogP contribution is -2.02. The van der Waals surface area contributed by atoms with Crippen LogP contribution in [0.5, 0.6) is 23.0 Å². The van der Waals surface area contributed by atoms with E-state index in [1.807, 2.05) is 54.6 Å². The molecule has 0 saturated heterocycles. The predicted octanol–water partition coefficient (Wildman–Crippen LogP) is 19.2. The van der Waals surface area contributed by atoms with Gasteiger partial charge >= 0.3 is 0 Å². The zero-order chi connectivity index (χ0) is 48.2. The topological polar surface area (TPSA) is 83.6 Å². The molecule has 382 valence electrons. The normalized spacial score (nSPS) is 12.1. The van der Waals surface area contributed by atoms with Crippen LogP contribution in [-0.2, 0) is 0 Å². The zero-order valence-corrected chi connectivity index (χ0v) is 43.8. The van der Waals surface area contributed by atoms with Crippen LogP contribution in [0.3, 0.4) is 0 Å². The number of unbranched alkanes of at least 4 members (excludes halogenated alkanes) is 34. The molecule has 0 bridgehead atoms. The molecule has 0 amide bonds. The van der Waals surface area contributed by atoms with Crippen molar-refractivity contribution in [3.8, 4) is 23.0 Å². The molecule has 1 atom stereocenters. The number of hydrogen-bond donors (Lipinski definition) is 2. The van der Waals surface area contributed by atoms with Gasteiger partial charge in [0.05, 0.1) is 25.8 Å². The first kappa shape index (κ1) is 58.5. The lowest BCUT2D eigenvalue weighted by Gasteiger charge is -2.11. The van der Waals surface area contributed by atoms with Crippen LogP contribution in [-0.4, -0.2) is 42.4 Å². The second kappa shape index (κ2) is 42.1. The molecule has 3 rings (SSSR count). The highest BCUT2D eigenvalue weighted by Crippen LogP contribution is 2.26. The summed E-state index contributed by atoms with van der Waals surface area (Å²) in [6.07, 6.45) is 52.4. The maximum absolute atomic E-state index is 10.9. The molecule has 0 spiro atoms. The maximum atomic E-state index is 10.9. The first-order chi connectivity index (χ1) is 33.6. The van der Waals surface area contributed by atoms with E-state index in [1.165, 1.54) is 218 Å². The molecule has 6 heteroatoms. The van der Waals surface area contributed by atoms with Crippen LogP contribution in [0.4, 0.5) is 0 Å². The first-order valence-electron chi connectivity index (χ1n) is 28.6. The van der Waals surface area contributed by atoms with Crippen LogP contribution in [0.1, 0.15) is 268 Å². The zero-order valence-electron chi connectivity index (χ0n) is 43.8. The summed E-state index contributed by atoms with van der Waals surface area (Å²) in [5.74, 6) is 1.65. The van der Waals surface area contributed by atoms with Crippen molar-refractivity contribution in [2.75, 3.05) is 19.8 Å². The van der Waals surface area contributed by atoms with Crippen LogP contribution in [0.25, 0.3) is 0 Å². The fraction of sp³-hybridized carbons (Fsp3) is 0.677. The summed E-state index contributed by atoms with van der Waals surface area (Å²) in [6, 6.07) is 20.7. The van der Waals surface area contributed by atoms with Crippen LogP contribution in [0.2, 0.25) is 0 Å². The van der Waals surface area contributed by atoms with Crippen LogP contribution >= 0.6 is 0 Å². The highest BCUT2D eigenvalue weighted by Gasteiger charge is 2.10. The van der Waals surface area contributed by atoms with Crippen LogP contribution in [0.15, 0.2) is 76.7 Å². The molecule has 0 aliphatic carbocycles. The predicted molar refractivity (Wildman–Crippen MR) is 294 cm³/mol. The Hall–Kier alpha value is -3.80. The fourth-order valence-corrected chi connectivity index (χ4v) is 9.17. The van der Waals surface area contributed by atoms with E-state index in [1.54, 1.807) is 24.6 Å². The molecule has 0 fully saturated rings. The number of rotatable bonds is 46. The summed E-state index contributed by atoms with van der Waals surface area (Å²) < 4.78 is 12.0. The van der Waals surface area contributed by atoms with Crippen molar-refractivity contribution < 1.29 is 19.7 Å². The van der Waals surface area contributed by atoms with Crippen molar-refractivity contribution in [1.82, 2.24) is 0 Å². The fourth-order valence-electron chi connectivity index (χ4n) is 9.17. The van der Waals surface area contributed by atoms with Gasteiger partial charge in [-0.05, 0) is 42.7 Å². The van der Waals surface area contributed by atoms with E-state index in [9.17, 15) is 10.2 Å². The Morgan fingerprint density at radius 2 is 0.721 bits per heavy atom. The number of aliphatic imine (C=N–C) groups is 2. The monoisotopic (exact) mass is 937 g/mol. The van der Waals surface area contributed by atoms with E-state index in [0.29, 0.717) is 42.4 Å². The van der Waals surface area contributed by atoms with Crippen molar-refractivity contribution >= 4 is 12.4 Å². The number of hydrogen-bond acceptors (Lipinski definition) is 6. The van der Waals surface area contributed by atoms with Gasteiger partial charge < -0.3 is 19.7 Å². The van der Waals surface area contributed by atoms with E-state index in [0.717, 1.165) is 18.4 Å². The maximum Gasteiger partial charge on any atom is 0.128 e. The quantitative estimate of drug-likeness (QED) is 0.0437. The minimum absolute atomic E-state index is 0.145. The van der Waals surface area contributed by atoms with Gasteiger partial charge in [-0.1, -0.05) is 262 Å². The molecule has 0 aliphatic rings. The van der Waals surface area contributed by atoms with E-state index in [2.05, 4.69) is 18.8 Å². The number of benzene rings is 3. The number of nitrogens with zero attached hydrogens (tertiary/aromatic N) is 2. The first-order valence-corrected chi connectivity index (χ1v) is 28.6. The summed E-state index contributed by atoms with van der Waals surface area (Å²) in [4.78, 5) is 9.54. The van der Waals surface area contributed by atoms with Gasteiger partial charge in [0.25, 0.3) is 0 Å². The van der Waals surface area contributed by atoms with Crippen molar-refractivity contribution in [2.24, 2.45) is 9.98 Å². The molecular weight excluding hydrogens is 837 g/mol. The molecule has 0 aromatic heterocycles. The molecule has 0 radical (unpaired) electrons. The van der Waals surface area contributed by atoms with E-state index in [-0.39, 0.29) is 17.5 Å². The lowest BCUT2D eigenvalue weighted by molar-refractivity contribution is 0.302. The largest absolute Gasteiger partial charge is 0.507 e. The van der Waals surface area contributed by atoms with E-state index in [4.69, 9.17) is 14.5 Å². The van der Waals surface area contributed by atoms with E-state index < -0.39 is 0 Å². The summed E-state index contributed by atoms with van der Waals surface area (Å²) in [5.41, 5.74) is 2.30. The lowest BCUT2D eigenvalue weighted by atomic mass is 10.0. The molecule has 0 heterocycles. The Morgan fingerprint density at radius 3 is 1.06 bits per heavy atom. The van der Waals surface area contributed by atoms with Gasteiger partial charge in [0.2, 0.25) is 0 Å². The van der Waals surface area contributed by atoms with Crippen LogP contribution < -0.4 is 9.47 Å². The highest BCUT2D eigenvalue weighted by molar-refractivity contribution is 5.84. The Bertz CT molecular complexity index is 1660. The minimum Gasteiger partial charge on any atom is -0.507 e. The smallest absolute Gasteiger partial charge is 0.128 e. The molecular formula is C62H100N2O4. The Morgan fingerprint density at radius 1 is 0.397 bits per heavy atom. The second-order valence-electron chi connectivity index (χ2n) is 19.9. The third-order valence-corrected chi connectivity index (χ3v) is 13.6. The Labute approximate surface area is 417 Å². The third kappa shape index (κ3) is 30.6. The van der Waals surface area contributed by atoms with Gasteiger partial charge in [0, 0.05) is 35.7 Å². The summed E-state index contributed by atoms with van der Waals surface area (Å²) in [7, 11) is 0. The SMILES string of the molecule is CCCCCCCCCCCCCCCCCCCCOc1ccc(C=NCC(N=Cc2ccc(OCCCCCCCCCCCCCCCCCCCC)cc2O)c2ccccc2)c(O)c1. The average Bonchev–Trinajstić information content (AvgIpc) is 3.35. The number of phenolic OH excluding ortho intramolecular Hbond substituents is 2. The Kier molecular flexibility index (Phi) is 36.2. The minimum atomic E-state index is -0.258. The molecule has 0 aliphatic heterocycles. The molecule has 1 unspecified atom stereocenters. The van der Waals surface area contributed by atoms with Gasteiger partial charge in [0.15, 0.2) is 0 Å². The number of ether oxygens (including phenoxy) is 2. The van der Waals surface area contributed by atoms with Gasteiger partial charge in [-0.15, -0.1) is 0 Å². The number of phenols is 2. The van der Waals surface area contributed by atoms with Crippen molar-refractivity contribution in [2.45, 2.75) is 251 Å². The van der Waals surface area contributed by atoms with Gasteiger partial charge in [0.1, 0.15) is 23.0 Å². The molecule has 3 aromatic carbocycles. The second-order valence-corrected chi connectivity index (χ2v) is 19.9. The summed E-state index contributed by atoms with van der Waals surface area (Å²) in [6.45, 7) is 6.29. The molecule has 2 N–H and O–H groups in total. The van der Waals surface area contributed by atoms with Crippen LogP contribution in [0, 0.1) is 0 Å². The van der Waals surface area contributed by atoms with Crippen molar-refractivity contribution in [3.63, 3.8) is 0 Å². The van der Waals surface area contributed by atoms with Gasteiger partial charge in [-0.25, -0.2) is 0 Å². The third-order valence-electron chi connectivity index (χ3n) is 13.6. The Balaban J connectivity index is 1.24. The van der Waals surface area contributed by atoms with Gasteiger partial charge in [-0.2, -0.15) is 0 Å². The molecule has 6 nitrogen and oxygen atoms in total. The molecule has 68 heavy (non-hydrogen) atoms. The number of aromatic hydroxyl groups is 2.